The second-order valence-electron chi connectivity index (χ2n) is 5.83. The second-order valence-corrected chi connectivity index (χ2v) is 8.31. The smallest absolute Gasteiger partial charge is 0.224 e. The lowest BCUT2D eigenvalue weighted by Gasteiger charge is -2.29. The Morgan fingerprint density at radius 1 is 1.32 bits per heavy atom. The van der Waals surface area contributed by atoms with Gasteiger partial charge >= 0.3 is 0 Å². The van der Waals surface area contributed by atoms with Crippen LogP contribution in [0.4, 0.5) is 0 Å². The van der Waals surface area contributed by atoms with Crippen LogP contribution in [-0.2, 0) is 24.4 Å². The predicted molar refractivity (Wildman–Crippen MR) is 85.9 cm³/mol. The number of amides is 1. The molecule has 0 bridgehead atoms. The summed E-state index contributed by atoms with van der Waals surface area (Å²) in [5, 5.41) is 2.60. The van der Waals surface area contributed by atoms with E-state index in [0.717, 1.165) is 0 Å². The summed E-state index contributed by atoms with van der Waals surface area (Å²) in [6.07, 6.45) is -0.0349. The normalized spacial score (nSPS) is 15.4. The molecule has 9 heteroatoms. The van der Waals surface area contributed by atoms with Crippen LogP contribution in [0.3, 0.4) is 0 Å². The van der Waals surface area contributed by atoms with E-state index in [4.69, 9.17) is 9.47 Å². The maximum Gasteiger partial charge on any atom is 0.224 e. The van der Waals surface area contributed by atoms with E-state index >= 15 is 0 Å². The zero-order chi connectivity index (χ0) is 17.4. The van der Waals surface area contributed by atoms with Crippen molar-refractivity contribution in [2.24, 2.45) is 5.92 Å². The Labute approximate surface area is 137 Å². The molecule has 132 valence electrons. The molecule has 0 rings (SSSR count). The molecule has 0 radical (unpaired) electrons. The number of carbonyl (C=O) groups is 1. The predicted octanol–water partition coefficient (Wildman–Crippen LogP) is 0.457. The highest BCUT2D eigenvalue weighted by Crippen LogP contribution is 2.14. The number of hydrogen-bond donors (Lipinski definition) is 1. The molecule has 0 aromatic rings. The van der Waals surface area contributed by atoms with E-state index in [9.17, 15) is 17.8 Å². The summed E-state index contributed by atoms with van der Waals surface area (Å²) in [5.74, 6) is 0.0433. The molecule has 7 nitrogen and oxygen atoms in total. The van der Waals surface area contributed by atoms with Crippen LogP contribution >= 0.6 is 11.8 Å². The Morgan fingerprint density at radius 3 is 2.36 bits per heavy atom. The zero-order valence-electron chi connectivity index (χ0n) is 13.7. The van der Waals surface area contributed by atoms with Crippen molar-refractivity contribution in [2.45, 2.75) is 32.4 Å². The van der Waals surface area contributed by atoms with Crippen molar-refractivity contribution in [3.63, 3.8) is 0 Å². The van der Waals surface area contributed by atoms with Gasteiger partial charge in [-0.05, 0) is 13.8 Å². The molecule has 1 N–H and O–H groups in total. The molecule has 0 heterocycles. The fourth-order valence-corrected chi connectivity index (χ4v) is 3.85. The molecule has 0 saturated carbocycles. The summed E-state index contributed by atoms with van der Waals surface area (Å²) in [6, 6.07) is 0. The van der Waals surface area contributed by atoms with Gasteiger partial charge in [-0.3, -0.25) is 4.79 Å². The van der Waals surface area contributed by atoms with Crippen LogP contribution in [0.2, 0.25) is 0 Å². The molecule has 0 aliphatic carbocycles. The summed E-state index contributed by atoms with van der Waals surface area (Å²) >= 11 is 1.56. The van der Waals surface area contributed by atoms with Gasteiger partial charge in [-0.15, -0.1) is 0 Å². The molecule has 0 aliphatic heterocycles. The monoisotopic (exact) mass is 356 g/mol. The Balaban J connectivity index is 4.26. The molecule has 0 aromatic carbocycles. The van der Waals surface area contributed by atoms with Crippen LogP contribution < -0.4 is 5.32 Å². The number of carbonyl (C=O) groups excluding carboxylic acids is 1. The minimum absolute atomic E-state index is 0.0349. The van der Waals surface area contributed by atoms with Crippen LogP contribution in [0.25, 0.3) is 0 Å². The second kappa shape index (κ2) is 9.71. The highest BCUT2D eigenvalue weighted by atomic mass is 32.2. The molecule has 2 atom stereocenters. The third kappa shape index (κ3) is 10.4. The summed E-state index contributed by atoms with van der Waals surface area (Å²) in [6.45, 7) is 5.26. The van der Waals surface area contributed by atoms with Crippen molar-refractivity contribution in [1.29, 1.82) is 0 Å². The first-order chi connectivity index (χ1) is 10.0. The van der Waals surface area contributed by atoms with Crippen LogP contribution in [-0.4, -0.2) is 68.6 Å². The average Bonchev–Trinajstić information content (AvgIpc) is 2.33. The lowest BCUT2D eigenvalue weighted by atomic mass is 10.1. The number of hydrogen-bond acceptors (Lipinski definition) is 7. The molecule has 2 unspecified atom stereocenters. The molecule has 0 saturated heterocycles. The largest absolute Gasteiger partial charge is 0.748 e. The Morgan fingerprint density at radius 2 is 1.91 bits per heavy atom. The van der Waals surface area contributed by atoms with Gasteiger partial charge in [0.05, 0.1) is 28.6 Å². The lowest BCUT2D eigenvalue weighted by molar-refractivity contribution is -0.125. The van der Waals surface area contributed by atoms with Gasteiger partial charge in [-0.1, -0.05) is 6.92 Å². The van der Waals surface area contributed by atoms with Gasteiger partial charge in [0.25, 0.3) is 0 Å². The van der Waals surface area contributed by atoms with Gasteiger partial charge in [-0.2, -0.15) is 11.8 Å². The lowest BCUT2D eigenvalue weighted by Crippen LogP contribution is -2.50. The maximum atomic E-state index is 12.0. The van der Waals surface area contributed by atoms with E-state index in [1.165, 1.54) is 13.8 Å². The van der Waals surface area contributed by atoms with E-state index in [1.807, 2.05) is 0 Å². The highest BCUT2D eigenvalue weighted by molar-refractivity contribution is 7.99. The topological polar surface area (TPSA) is 105 Å². The Kier molecular flexibility index (Phi) is 9.56. The summed E-state index contributed by atoms with van der Waals surface area (Å²) in [4.78, 5) is 12.0. The average molecular weight is 356 g/mol. The van der Waals surface area contributed by atoms with Crippen molar-refractivity contribution in [3.8, 4) is 0 Å². The number of thioether (sulfide) groups is 1. The molecule has 0 spiro atoms. The maximum absolute atomic E-state index is 12.0. The fourth-order valence-electron chi connectivity index (χ4n) is 1.76. The molecule has 0 fully saturated rings. The van der Waals surface area contributed by atoms with Crippen molar-refractivity contribution in [2.75, 3.05) is 38.1 Å². The quantitative estimate of drug-likeness (QED) is 0.536. The first-order valence-electron chi connectivity index (χ1n) is 6.86. The summed E-state index contributed by atoms with van der Waals surface area (Å²) < 4.78 is 42.6. The van der Waals surface area contributed by atoms with Crippen LogP contribution in [0.15, 0.2) is 0 Å². The van der Waals surface area contributed by atoms with Gasteiger partial charge in [0.15, 0.2) is 0 Å². The minimum atomic E-state index is -4.39. The van der Waals surface area contributed by atoms with E-state index in [1.54, 1.807) is 32.9 Å². The number of nitrogens with one attached hydrogen (secondary N) is 1. The fraction of sp³-hybridized carbons (Fsp3) is 0.923. The molecule has 22 heavy (non-hydrogen) atoms. The van der Waals surface area contributed by atoms with E-state index in [-0.39, 0.29) is 17.9 Å². The zero-order valence-corrected chi connectivity index (χ0v) is 15.4. The number of ether oxygens (including phenoxy) is 2. The van der Waals surface area contributed by atoms with Gasteiger partial charge in [0.2, 0.25) is 5.91 Å². The Bertz CT molecular complexity index is 438. The molecule has 1 amide bonds. The van der Waals surface area contributed by atoms with Crippen molar-refractivity contribution >= 4 is 27.8 Å². The first-order valence-corrected chi connectivity index (χ1v) is 9.59. The van der Waals surface area contributed by atoms with Crippen LogP contribution in [0, 0.1) is 5.92 Å². The molecule has 0 aromatic heterocycles. The van der Waals surface area contributed by atoms with E-state index in [2.05, 4.69) is 5.32 Å². The van der Waals surface area contributed by atoms with E-state index < -0.39 is 21.4 Å². The van der Waals surface area contributed by atoms with Crippen LogP contribution in [0.1, 0.15) is 20.8 Å². The van der Waals surface area contributed by atoms with E-state index in [0.29, 0.717) is 18.1 Å². The standard InChI is InChI=1S/C13H27NO6S2/c1-10(7-21-8-11(20-5)6-19-4)12(15)14-13(2,3)9-22(16,17)18/h10-11H,6-9H2,1-5H3,(H,14,15)(H,16,17,18)/p-1. The molecule has 0 aliphatic rings. The SMILES string of the molecule is COCC(CSCC(C)C(=O)NC(C)(C)CS(=O)(=O)[O-])OC. The third-order valence-corrected chi connectivity index (χ3v) is 5.22. The number of methoxy groups -OCH3 is 2. The minimum Gasteiger partial charge on any atom is -0.748 e. The molecular formula is C13H26NO6S2-. The summed E-state index contributed by atoms with van der Waals surface area (Å²) in [5.41, 5.74) is -1.08. The van der Waals surface area contributed by atoms with Crippen molar-refractivity contribution < 1.29 is 27.2 Å². The first kappa shape index (κ1) is 21.6. The highest BCUT2D eigenvalue weighted by Gasteiger charge is 2.26. The summed E-state index contributed by atoms with van der Waals surface area (Å²) in [7, 11) is -1.19. The van der Waals surface area contributed by atoms with Crippen LogP contribution in [0.5, 0.6) is 0 Å². The van der Waals surface area contributed by atoms with Crippen molar-refractivity contribution in [1.82, 2.24) is 5.32 Å². The van der Waals surface area contributed by atoms with Gasteiger partial charge < -0.3 is 19.3 Å². The Hall–Kier alpha value is -0.350. The van der Waals surface area contributed by atoms with Gasteiger partial charge in [-0.25, -0.2) is 8.42 Å². The van der Waals surface area contributed by atoms with Crippen molar-refractivity contribution in [3.05, 3.63) is 0 Å². The van der Waals surface area contributed by atoms with Gasteiger partial charge in [0.1, 0.15) is 0 Å². The molecular weight excluding hydrogens is 330 g/mol. The number of rotatable bonds is 11. The third-order valence-electron chi connectivity index (χ3n) is 2.80. The van der Waals surface area contributed by atoms with Gasteiger partial charge in [0, 0.05) is 37.2 Å².